The molecular formula is C26H29Cl2N3O4S. The minimum Gasteiger partial charge on any atom is -0.352 e. The molecule has 3 rings (SSSR count). The molecule has 1 N–H and O–H groups in total. The van der Waals surface area contributed by atoms with Crippen molar-refractivity contribution in [3.8, 4) is 0 Å². The molecule has 0 aromatic heterocycles. The zero-order valence-electron chi connectivity index (χ0n) is 20.5. The van der Waals surface area contributed by atoms with Gasteiger partial charge in [0.2, 0.25) is 21.8 Å². The number of hydrogen-bond donors (Lipinski definition) is 1. The molecule has 0 saturated carbocycles. The molecule has 7 nitrogen and oxygen atoms in total. The van der Waals surface area contributed by atoms with E-state index in [-0.39, 0.29) is 23.4 Å². The number of rotatable bonds is 9. The van der Waals surface area contributed by atoms with Crippen LogP contribution in [0, 0.1) is 0 Å². The first-order chi connectivity index (χ1) is 16.9. The Bertz CT molecular complexity index is 1380. The van der Waals surface area contributed by atoms with Gasteiger partial charge in [-0.3, -0.25) is 9.59 Å². The summed E-state index contributed by atoms with van der Waals surface area (Å²) in [6, 6.07) is 16.2. The van der Waals surface area contributed by atoms with Gasteiger partial charge in [0.1, 0.15) is 6.04 Å². The number of halogens is 2. The van der Waals surface area contributed by atoms with E-state index in [1.165, 1.54) is 18.0 Å². The van der Waals surface area contributed by atoms with Gasteiger partial charge in [-0.2, -0.15) is 4.31 Å². The first-order valence-corrected chi connectivity index (χ1v) is 13.6. The molecule has 2 amide bonds. The van der Waals surface area contributed by atoms with Crippen molar-refractivity contribution in [3.63, 3.8) is 0 Å². The van der Waals surface area contributed by atoms with E-state index in [9.17, 15) is 18.0 Å². The van der Waals surface area contributed by atoms with Crippen LogP contribution in [0.5, 0.6) is 0 Å². The third kappa shape index (κ3) is 6.56. The highest BCUT2D eigenvalue weighted by atomic mass is 35.5. The SMILES string of the molecule is CC(C)NC(=O)[C@@H](C)N(Cc1ccc(Cl)c(Cl)c1)C(=O)CN(C)S(=O)(=O)c1ccc2ccccc2c1. The van der Waals surface area contributed by atoms with Crippen LogP contribution in [0.2, 0.25) is 10.0 Å². The molecule has 3 aromatic rings. The number of nitrogens with zero attached hydrogens (tertiary/aromatic N) is 2. The summed E-state index contributed by atoms with van der Waals surface area (Å²) in [6.07, 6.45) is 0. The Morgan fingerprint density at radius 1 is 0.917 bits per heavy atom. The molecule has 10 heteroatoms. The van der Waals surface area contributed by atoms with Gasteiger partial charge in [-0.05, 0) is 61.4 Å². The quantitative estimate of drug-likeness (QED) is 0.418. The molecule has 36 heavy (non-hydrogen) atoms. The predicted octanol–water partition coefficient (Wildman–Crippen LogP) is 4.71. The van der Waals surface area contributed by atoms with E-state index in [0.717, 1.165) is 15.1 Å². The van der Waals surface area contributed by atoms with Crippen LogP contribution in [0.25, 0.3) is 10.8 Å². The minimum atomic E-state index is -3.96. The van der Waals surface area contributed by atoms with E-state index < -0.39 is 28.5 Å². The number of nitrogens with one attached hydrogen (secondary N) is 1. The zero-order valence-corrected chi connectivity index (χ0v) is 22.9. The predicted molar refractivity (Wildman–Crippen MR) is 144 cm³/mol. The second kappa shape index (κ2) is 11.6. The largest absolute Gasteiger partial charge is 0.352 e. The van der Waals surface area contributed by atoms with Crippen molar-refractivity contribution >= 4 is 55.8 Å². The second-order valence-corrected chi connectivity index (χ2v) is 11.7. The van der Waals surface area contributed by atoms with Crippen molar-refractivity contribution in [2.75, 3.05) is 13.6 Å². The summed E-state index contributed by atoms with van der Waals surface area (Å²) in [4.78, 5) is 27.6. The number of carbonyl (C=O) groups excluding carboxylic acids is 2. The van der Waals surface area contributed by atoms with Crippen LogP contribution in [-0.4, -0.2) is 55.1 Å². The summed E-state index contributed by atoms with van der Waals surface area (Å²) in [7, 11) is -2.62. The molecule has 0 aliphatic rings. The third-order valence-electron chi connectivity index (χ3n) is 5.72. The summed E-state index contributed by atoms with van der Waals surface area (Å²) in [5, 5.41) is 5.17. The number of likely N-dealkylation sites (N-methyl/N-ethyl adjacent to an activating group) is 1. The molecule has 0 radical (unpaired) electrons. The molecule has 1 atom stereocenters. The topological polar surface area (TPSA) is 86.8 Å². The molecule has 0 fully saturated rings. The molecule has 0 heterocycles. The Labute approximate surface area is 222 Å². The Hall–Kier alpha value is -2.65. The molecule has 192 valence electrons. The van der Waals surface area contributed by atoms with Gasteiger partial charge in [-0.25, -0.2) is 8.42 Å². The summed E-state index contributed by atoms with van der Waals surface area (Å²) in [5.74, 6) is -0.877. The van der Waals surface area contributed by atoms with E-state index >= 15 is 0 Å². The van der Waals surface area contributed by atoms with Crippen LogP contribution >= 0.6 is 23.2 Å². The van der Waals surface area contributed by atoms with Crippen LogP contribution < -0.4 is 5.32 Å². The van der Waals surface area contributed by atoms with Crippen molar-refractivity contribution in [1.29, 1.82) is 0 Å². The maximum absolute atomic E-state index is 13.4. The van der Waals surface area contributed by atoms with Gasteiger partial charge < -0.3 is 10.2 Å². The first-order valence-electron chi connectivity index (χ1n) is 11.4. The van der Waals surface area contributed by atoms with Crippen LogP contribution in [0.3, 0.4) is 0 Å². The van der Waals surface area contributed by atoms with Crippen LogP contribution in [0.4, 0.5) is 0 Å². The van der Waals surface area contributed by atoms with Gasteiger partial charge in [-0.15, -0.1) is 0 Å². The van der Waals surface area contributed by atoms with Crippen molar-refractivity contribution in [1.82, 2.24) is 14.5 Å². The van der Waals surface area contributed by atoms with E-state index in [2.05, 4.69) is 5.32 Å². The Kier molecular flexibility index (Phi) is 9.00. The number of sulfonamides is 1. The Balaban J connectivity index is 1.86. The highest BCUT2D eigenvalue weighted by Gasteiger charge is 2.30. The van der Waals surface area contributed by atoms with Gasteiger partial charge in [-0.1, -0.05) is 59.6 Å². The van der Waals surface area contributed by atoms with Gasteiger partial charge >= 0.3 is 0 Å². The fourth-order valence-corrected chi connectivity index (χ4v) is 5.17. The molecule has 0 bridgehead atoms. The number of benzene rings is 3. The lowest BCUT2D eigenvalue weighted by Crippen LogP contribution is -2.51. The lowest BCUT2D eigenvalue weighted by atomic mass is 10.1. The molecule has 0 spiro atoms. The van der Waals surface area contributed by atoms with E-state index in [1.807, 2.05) is 38.1 Å². The average molecular weight is 551 g/mol. The molecule has 3 aromatic carbocycles. The highest BCUT2D eigenvalue weighted by Crippen LogP contribution is 2.25. The van der Waals surface area contributed by atoms with Gasteiger partial charge in [0.25, 0.3) is 0 Å². The minimum absolute atomic E-state index is 0.0479. The summed E-state index contributed by atoms with van der Waals surface area (Å²) < 4.78 is 27.5. The number of amides is 2. The average Bonchev–Trinajstić information content (AvgIpc) is 2.83. The molecule has 0 aliphatic heterocycles. The Morgan fingerprint density at radius 2 is 1.58 bits per heavy atom. The van der Waals surface area contributed by atoms with Crippen LogP contribution in [0.1, 0.15) is 26.3 Å². The van der Waals surface area contributed by atoms with Crippen molar-refractivity contribution in [2.24, 2.45) is 0 Å². The zero-order chi connectivity index (χ0) is 26.6. The number of hydrogen-bond acceptors (Lipinski definition) is 4. The van der Waals surface area contributed by atoms with Crippen molar-refractivity contribution in [2.45, 2.75) is 44.3 Å². The molecule has 0 saturated heterocycles. The fraction of sp³-hybridized carbons (Fsp3) is 0.308. The smallest absolute Gasteiger partial charge is 0.243 e. The monoisotopic (exact) mass is 549 g/mol. The summed E-state index contributed by atoms with van der Waals surface area (Å²) in [5.41, 5.74) is 0.655. The maximum Gasteiger partial charge on any atom is 0.243 e. The lowest BCUT2D eigenvalue weighted by molar-refractivity contribution is -0.140. The van der Waals surface area contributed by atoms with Crippen molar-refractivity contribution < 1.29 is 18.0 Å². The Morgan fingerprint density at radius 3 is 2.22 bits per heavy atom. The van der Waals surface area contributed by atoms with E-state index in [4.69, 9.17) is 23.2 Å². The summed E-state index contributed by atoms with van der Waals surface area (Å²) >= 11 is 12.2. The van der Waals surface area contributed by atoms with E-state index in [1.54, 1.807) is 37.3 Å². The van der Waals surface area contributed by atoms with Crippen molar-refractivity contribution in [3.05, 3.63) is 76.3 Å². The van der Waals surface area contributed by atoms with E-state index in [0.29, 0.717) is 15.6 Å². The van der Waals surface area contributed by atoms with Gasteiger partial charge in [0, 0.05) is 19.6 Å². The second-order valence-electron chi connectivity index (χ2n) is 8.88. The molecular weight excluding hydrogens is 521 g/mol. The van der Waals surface area contributed by atoms with Crippen LogP contribution in [0.15, 0.2) is 65.6 Å². The number of fused-ring (bicyclic) bond motifs is 1. The summed E-state index contributed by atoms with van der Waals surface area (Å²) in [6.45, 7) is 4.84. The maximum atomic E-state index is 13.4. The molecule has 0 aliphatic carbocycles. The lowest BCUT2D eigenvalue weighted by Gasteiger charge is -2.31. The highest BCUT2D eigenvalue weighted by molar-refractivity contribution is 7.89. The normalized spacial score (nSPS) is 12.7. The van der Waals surface area contributed by atoms with Gasteiger partial charge in [0.05, 0.1) is 21.5 Å². The fourth-order valence-electron chi connectivity index (χ4n) is 3.70. The first kappa shape index (κ1) is 27.9. The standard InChI is InChI=1S/C26H29Cl2N3O4S/c1-17(2)29-26(33)18(3)31(15-19-9-12-23(27)24(28)13-19)25(32)16-30(4)36(34,35)22-11-10-20-7-5-6-8-21(20)14-22/h5-14,17-18H,15-16H2,1-4H3,(H,29,33)/t18-/m1/s1. The third-order valence-corrected chi connectivity index (χ3v) is 8.26. The van der Waals surface area contributed by atoms with Gasteiger partial charge in [0.15, 0.2) is 0 Å². The number of carbonyl (C=O) groups is 2. The van der Waals surface area contributed by atoms with Crippen LogP contribution in [-0.2, 0) is 26.2 Å². The molecule has 0 unspecified atom stereocenters.